The molecule has 7 heterocycles. The second-order valence-electron chi connectivity index (χ2n) is 10.4. The molecule has 198 valence electrons. The van der Waals surface area contributed by atoms with Gasteiger partial charge in [0.2, 0.25) is 0 Å². The van der Waals surface area contributed by atoms with Crippen LogP contribution in [-0.2, 0) is 7.05 Å². The van der Waals surface area contributed by atoms with Gasteiger partial charge in [0, 0.05) is 92.1 Å². The fourth-order valence-corrected chi connectivity index (χ4v) is 6.13. The summed E-state index contributed by atoms with van der Waals surface area (Å²) in [4.78, 5) is 26.1. The Labute approximate surface area is 235 Å². The number of hydrogen-bond donors (Lipinski definition) is 0. The van der Waals surface area contributed by atoms with Gasteiger partial charge in [0.25, 0.3) is 5.91 Å². The number of fused-ring (bicyclic) bond motifs is 2. The normalized spacial score (nSPS) is 18.3. The van der Waals surface area contributed by atoms with Crippen LogP contribution < -0.4 is 4.90 Å². The molecule has 0 N–H and O–H groups in total. The van der Waals surface area contributed by atoms with Crippen molar-refractivity contribution in [3.05, 3.63) is 83.8 Å². The second kappa shape index (κ2) is 9.47. The van der Waals surface area contributed by atoms with Crippen LogP contribution in [0.4, 0.5) is 5.82 Å². The van der Waals surface area contributed by atoms with Gasteiger partial charge in [0.05, 0.1) is 28.5 Å². The monoisotopic (exact) mass is 549 g/mol. The number of rotatable bonds is 4. The van der Waals surface area contributed by atoms with Crippen LogP contribution in [0.1, 0.15) is 16.1 Å². The Bertz CT molecular complexity index is 1790. The number of hydrogen-bond acceptors (Lipinski definition) is 7. The molecule has 2 aliphatic heterocycles. The molecule has 2 atom stereocenters. The van der Waals surface area contributed by atoms with E-state index in [-0.39, 0.29) is 5.91 Å². The summed E-state index contributed by atoms with van der Waals surface area (Å²) in [7, 11) is 1.88. The lowest BCUT2D eigenvalue weighted by molar-refractivity contribution is 0.0777. The van der Waals surface area contributed by atoms with E-state index < -0.39 is 0 Å². The summed E-state index contributed by atoms with van der Waals surface area (Å²) >= 11 is 6.21. The highest BCUT2D eigenvalue weighted by Crippen LogP contribution is 2.36. The first-order valence-electron chi connectivity index (χ1n) is 13.0. The van der Waals surface area contributed by atoms with Crippen molar-refractivity contribution in [2.24, 2.45) is 18.9 Å². The van der Waals surface area contributed by atoms with Gasteiger partial charge in [-0.2, -0.15) is 15.5 Å². The first-order chi connectivity index (χ1) is 19.5. The van der Waals surface area contributed by atoms with Gasteiger partial charge in [-0.05, 0) is 30.3 Å². The molecule has 0 bridgehead atoms. The number of pyridine rings is 3. The third kappa shape index (κ3) is 4.06. The molecule has 0 aliphatic carbocycles. The smallest absolute Gasteiger partial charge is 0.274 e. The number of carbonyl (C=O) groups excluding carboxylic acids is 1. The first-order valence-corrected chi connectivity index (χ1v) is 13.4. The average Bonchev–Trinajstić information content (AvgIpc) is 3.75. The Morgan fingerprint density at radius 2 is 1.80 bits per heavy atom. The maximum absolute atomic E-state index is 13.0. The molecule has 10 nitrogen and oxygen atoms in total. The van der Waals surface area contributed by atoms with Crippen LogP contribution in [0.2, 0.25) is 5.02 Å². The van der Waals surface area contributed by atoms with Gasteiger partial charge in [-0.1, -0.05) is 11.6 Å². The van der Waals surface area contributed by atoms with Crippen LogP contribution >= 0.6 is 11.6 Å². The number of likely N-dealkylation sites (tertiary alicyclic amines) is 1. The Kier molecular flexibility index (Phi) is 5.75. The molecule has 2 aliphatic rings. The van der Waals surface area contributed by atoms with Crippen LogP contribution in [-0.4, -0.2) is 66.3 Å². The number of aryl methyl sites for hydroxylation is 1. The van der Waals surface area contributed by atoms with E-state index >= 15 is 0 Å². The lowest BCUT2D eigenvalue weighted by atomic mass is 10.0. The summed E-state index contributed by atoms with van der Waals surface area (Å²) in [5.41, 5.74) is 5.28. The van der Waals surface area contributed by atoms with Crippen molar-refractivity contribution in [1.29, 1.82) is 5.26 Å². The molecule has 40 heavy (non-hydrogen) atoms. The van der Waals surface area contributed by atoms with Gasteiger partial charge in [-0.3, -0.25) is 9.48 Å². The molecule has 0 unspecified atom stereocenters. The number of carbonyl (C=O) groups is 1. The topological polar surface area (TPSA) is 108 Å². The molecular formula is C29H24ClN9O. The van der Waals surface area contributed by atoms with Crippen molar-refractivity contribution in [3.8, 4) is 28.3 Å². The molecule has 0 saturated carbocycles. The van der Waals surface area contributed by atoms with Crippen LogP contribution in [0.3, 0.4) is 0 Å². The van der Waals surface area contributed by atoms with E-state index in [2.05, 4.69) is 32.2 Å². The van der Waals surface area contributed by atoms with Crippen molar-refractivity contribution >= 4 is 28.8 Å². The minimum absolute atomic E-state index is 0.106. The summed E-state index contributed by atoms with van der Waals surface area (Å²) in [6.07, 6.45) is 10.7. The van der Waals surface area contributed by atoms with Crippen LogP contribution in [0, 0.1) is 23.2 Å². The fraction of sp³-hybridized carbons (Fsp3) is 0.241. The zero-order chi connectivity index (χ0) is 27.4. The van der Waals surface area contributed by atoms with Crippen LogP contribution in [0.15, 0.2) is 67.5 Å². The summed E-state index contributed by atoms with van der Waals surface area (Å²) in [5, 5.41) is 18.8. The Hall–Kier alpha value is -4.75. The SMILES string of the molecule is Cn1cc(-c2cc(-c3ccc(N4C[C@H]5CN(C(=O)c6ncccc6Cl)C[C@H]5C4)nc3)c3c(C#N)cnn3c2)cn1. The van der Waals surface area contributed by atoms with Crippen LogP contribution in [0.5, 0.6) is 0 Å². The molecule has 1 amide bonds. The van der Waals surface area contributed by atoms with Crippen molar-refractivity contribution in [2.45, 2.75) is 0 Å². The molecule has 5 aromatic rings. The van der Waals surface area contributed by atoms with Gasteiger partial charge in [0.1, 0.15) is 17.6 Å². The van der Waals surface area contributed by atoms with Gasteiger partial charge in [-0.25, -0.2) is 14.5 Å². The third-order valence-corrected chi connectivity index (χ3v) is 8.19. The Morgan fingerprint density at radius 3 is 2.48 bits per heavy atom. The summed E-state index contributed by atoms with van der Waals surface area (Å²) in [6.45, 7) is 3.03. The lowest BCUT2D eigenvalue weighted by Gasteiger charge is -2.22. The molecular weight excluding hydrogens is 526 g/mol. The molecule has 0 aromatic carbocycles. The van der Waals surface area contributed by atoms with Gasteiger partial charge in [-0.15, -0.1) is 0 Å². The zero-order valence-electron chi connectivity index (χ0n) is 21.6. The van der Waals surface area contributed by atoms with E-state index in [0.29, 0.717) is 41.2 Å². The summed E-state index contributed by atoms with van der Waals surface area (Å²) in [6, 6.07) is 11.8. The Balaban J connectivity index is 1.12. The van der Waals surface area contributed by atoms with Gasteiger partial charge in [0.15, 0.2) is 0 Å². The first kappa shape index (κ1) is 24.3. The highest BCUT2D eigenvalue weighted by Gasteiger charge is 2.42. The minimum atomic E-state index is -0.106. The van der Waals surface area contributed by atoms with Gasteiger partial charge >= 0.3 is 0 Å². The Morgan fingerprint density at radius 1 is 0.975 bits per heavy atom. The van der Waals surface area contributed by atoms with Crippen molar-refractivity contribution in [3.63, 3.8) is 0 Å². The summed E-state index contributed by atoms with van der Waals surface area (Å²) < 4.78 is 3.50. The van der Waals surface area contributed by atoms with Crippen molar-refractivity contribution in [1.82, 2.24) is 34.3 Å². The van der Waals surface area contributed by atoms with E-state index in [1.165, 1.54) is 0 Å². The molecule has 5 aromatic heterocycles. The van der Waals surface area contributed by atoms with Crippen molar-refractivity contribution < 1.29 is 4.79 Å². The molecule has 0 spiro atoms. The maximum Gasteiger partial charge on any atom is 0.274 e. The highest BCUT2D eigenvalue weighted by molar-refractivity contribution is 6.33. The predicted octanol–water partition coefficient (Wildman–Crippen LogP) is 3.93. The van der Waals surface area contributed by atoms with E-state index in [9.17, 15) is 10.1 Å². The molecule has 11 heteroatoms. The standard InChI is InChI=1S/C29H24ClN9O/c1-36-12-21(11-34-36)19-7-24(28-20(8-31)10-35-39(28)17-19)18-4-5-26(33-9-18)37-13-22-15-38(16-23(22)14-37)29(40)27-25(30)3-2-6-32-27/h2-7,9-12,17,22-23H,13-16H2,1H3/t22-,23+. The molecule has 2 saturated heterocycles. The molecule has 2 fully saturated rings. The third-order valence-electron chi connectivity index (χ3n) is 7.89. The second-order valence-corrected chi connectivity index (χ2v) is 10.8. The van der Waals surface area contributed by atoms with E-state index in [4.69, 9.17) is 16.6 Å². The number of nitrogens with zero attached hydrogens (tertiary/aromatic N) is 9. The largest absolute Gasteiger partial charge is 0.356 e. The number of aromatic nitrogens is 6. The van der Waals surface area contributed by atoms with Gasteiger partial charge < -0.3 is 9.80 Å². The average molecular weight is 550 g/mol. The van der Waals surface area contributed by atoms with E-state index in [1.807, 2.05) is 48.9 Å². The number of halogens is 1. The van der Waals surface area contributed by atoms with Crippen molar-refractivity contribution in [2.75, 3.05) is 31.1 Å². The maximum atomic E-state index is 13.0. The van der Waals surface area contributed by atoms with E-state index in [0.717, 1.165) is 46.7 Å². The fourth-order valence-electron chi connectivity index (χ4n) is 5.92. The lowest BCUT2D eigenvalue weighted by Crippen LogP contribution is -2.34. The van der Waals surface area contributed by atoms with Crippen LogP contribution in [0.25, 0.3) is 27.8 Å². The molecule has 7 rings (SSSR count). The predicted molar refractivity (Wildman–Crippen MR) is 150 cm³/mol. The highest BCUT2D eigenvalue weighted by atomic mass is 35.5. The number of anilines is 1. The number of nitriles is 1. The minimum Gasteiger partial charge on any atom is -0.356 e. The number of amides is 1. The quantitative estimate of drug-likeness (QED) is 0.334. The summed E-state index contributed by atoms with van der Waals surface area (Å²) in [5.74, 6) is 1.53. The van der Waals surface area contributed by atoms with E-state index in [1.54, 1.807) is 33.7 Å². The zero-order valence-corrected chi connectivity index (χ0v) is 22.4. The molecule has 0 radical (unpaired) electrons.